The van der Waals surface area contributed by atoms with Gasteiger partial charge in [0.1, 0.15) is 5.75 Å². The summed E-state index contributed by atoms with van der Waals surface area (Å²) in [5, 5.41) is 2.82. The second kappa shape index (κ2) is 8.57. The van der Waals surface area contributed by atoms with E-state index in [0.717, 1.165) is 28.8 Å². The van der Waals surface area contributed by atoms with Crippen LogP contribution in [-0.4, -0.2) is 32.0 Å². The Kier molecular flexibility index (Phi) is 6.16. The summed E-state index contributed by atoms with van der Waals surface area (Å²) < 4.78 is 6.41. The van der Waals surface area contributed by atoms with Gasteiger partial charge in [0.05, 0.1) is 12.8 Å². The molecule has 6 heteroatoms. The third-order valence-electron chi connectivity index (χ3n) is 4.81. The van der Waals surface area contributed by atoms with Crippen LogP contribution in [-0.2, 0) is 11.2 Å². The Morgan fingerprint density at radius 3 is 2.63 bits per heavy atom. The van der Waals surface area contributed by atoms with Crippen LogP contribution in [0.4, 0.5) is 5.69 Å². The minimum atomic E-state index is -0.178. The highest BCUT2D eigenvalue weighted by atomic mass is 79.9. The van der Waals surface area contributed by atoms with Crippen LogP contribution in [0.25, 0.3) is 0 Å². The molecule has 0 radical (unpaired) electrons. The highest BCUT2D eigenvalue weighted by Gasteiger charge is 2.26. The second-order valence-corrected chi connectivity index (χ2v) is 7.49. The standard InChI is InChI=1S/C21H23BrN2O3/c1-14-5-10-18(27-2)20-17(14)4-3-13-24(20)19(25)11-12-23-21(26)15-6-8-16(22)9-7-15/h5-10H,3-4,11-13H2,1-2H3,(H,23,26). The number of carbonyl (C=O) groups excluding carboxylic acids is 2. The molecule has 0 spiro atoms. The summed E-state index contributed by atoms with van der Waals surface area (Å²) in [7, 11) is 1.63. The van der Waals surface area contributed by atoms with E-state index < -0.39 is 0 Å². The Hall–Kier alpha value is -2.34. The number of anilines is 1. The summed E-state index contributed by atoms with van der Waals surface area (Å²) in [6.45, 7) is 3.03. The number of methoxy groups -OCH3 is 1. The molecule has 1 aliphatic heterocycles. The predicted octanol–water partition coefficient (Wildman–Crippen LogP) is 3.87. The lowest BCUT2D eigenvalue weighted by Crippen LogP contribution is -2.38. The fourth-order valence-corrected chi connectivity index (χ4v) is 3.65. The van der Waals surface area contributed by atoms with Crippen LogP contribution in [0.5, 0.6) is 5.75 Å². The average Bonchev–Trinajstić information content (AvgIpc) is 2.68. The van der Waals surface area contributed by atoms with Crippen molar-refractivity contribution >= 4 is 33.4 Å². The van der Waals surface area contributed by atoms with Crippen LogP contribution in [0.2, 0.25) is 0 Å². The van der Waals surface area contributed by atoms with Crippen LogP contribution in [0.3, 0.4) is 0 Å². The van der Waals surface area contributed by atoms with E-state index in [1.54, 1.807) is 24.1 Å². The zero-order valence-electron chi connectivity index (χ0n) is 15.5. The minimum Gasteiger partial charge on any atom is -0.495 e. The molecule has 2 aromatic rings. The van der Waals surface area contributed by atoms with Crippen molar-refractivity contribution in [3.8, 4) is 5.75 Å². The van der Waals surface area contributed by atoms with Gasteiger partial charge in [-0.1, -0.05) is 22.0 Å². The molecule has 142 valence electrons. The van der Waals surface area contributed by atoms with Crippen molar-refractivity contribution in [2.75, 3.05) is 25.1 Å². The lowest BCUT2D eigenvalue weighted by atomic mass is 9.96. The van der Waals surface area contributed by atoms with Gasteiger partial charge in [-0.3, -0.25) is 9.59 Å². The number of hydrogen-bond acceptors (Lipinski definition) is 3. The van der Waals surface area contributed by atoms with Gasteiger partial charge in [-0.15, -0.1) is 0 Å². The minimum absolute atomic E-state index is 0.00374. The van der Waals surface area contributed by atoms with Crippen LogP contribution in [0.1, 0.15) is 34.3 Å². The van der Waals surface area contributed by atoms with E-state index in [0.29, 0.717) is 18.7 Å². The van der Waals surface area contributed by atoms with E-state index in [2.05, 4.69) is 28.2 Å². The first-order valence-corrected chi connectivity index (χ1v) is 9.81. The Labute approximate surface area is 167 Å². The maximum absolute atomic E-state index is 12.8. The van der Waals surface area contributed by atoms with Crippen molar-refractivity contribution in [2.24, 2.45) is 0 Å². The van der Waals surface area contributed by atoms with Crippen LogP contribution < -0.4 is 15.0 Å². The highest BCUT2D eigenvalue weighted by molar-refractivity contribution is 9.10. The number of carbonyl (C=O) groups is 2. The summed E-state index contributed by atoms with van der Waals surface area (Å²) >= 11 is 3.35. The molecular formula is C21H23BrN2O3. The second-order valence-electron chi connectivity index (χ2n) is 6.57. The molecule has 27 heavy (non-hydrogen) atoms. The van der Waals surface area contributed by atoms with Crippen molar-refractivity contribution < 1.29 is 14.3 Å². The van der Waals surface area contributed by atoms with Crippen LogP contribution >= 0.6 is 15.9 Å². The van der Waals surface area contributed by atoms with Crippen molar-refractivity contribution in [1.29, 1.82) is 0 Å². The fraction of sp³-hybridized carbons (Fsp3) is 0.333. The SMILES string of the molecule is COc1ccc(C)c2c1N(C(=O)CCNC(=O)c1ccc(Br)cc1)CCC2. The molecule has 3 rings (SSSR count). The first-order chi connectivity index (χ1) is 13.0. The highest BCUT2D eigenvalue weighted by Crippen LogP contribution is 2.38. The summed E-state index contributed by atoms with van der Waals surface area (Å²) in [4.78, 5) is 26.8. The van der Waals surface area contributed by atoms with E-state index in [4.69, 9.17) is 4.74 Å². The van der Waals surface area contributed by atoms with Gasteiger partial charge in [0.25, 0.3) is 5.91 Å². The zero-order valence-corrected chi connectivity index (χ0v) is 17.1. The molecule has 0 bridgehead atoms. The molecule has 2 aromatic carbocycles. The van der Waals surface area contributed by atoms with E-state index >= 15 is 0 Å². The van der Waals surface area contributed by atoms with Crippen molar-refractivity contribution in [2.45, 2.75) is 26.2 Å². The topological polar surface area (TPSA) is 58.6 Å². The zero-order chi connectivity index (χ0) is 19.4. The van der Waals surface area contributed by atoms with Crippen LogP contribution in [0.15, 0.2) is 40.9 Å². The molecule has 5 nitrogen and oxygen atoms in total. The largest absolute Gasteiger partial charge is 0.495 e. The number of rotatable bonds is 5. The van der Waals surface area contributed by atoms with Gasteiger partial charge in [0.2, 0.25) is 5.91 Å². The Morgan fingerprint density at radius 1 is 1.19 bits per heavy atom. The van der Waals surface area contributed by atoms with E-state index in [1.807, 2.05) is 24.3 Å². The molecule has 0 aliphatic carbocycles. The third-order valence-corrected chi connectivity index (χ3v) is 5.34. The van der Waals surface area contributed by atoms with E-state index in [-0.39, 0.29) is 18.2 Å². The molecule has 0 saturated heterocycles. The fourth-order valence-electron chi connectivity index (χ4n) is 3.39. The van der Waals surface area contributed by atoms with Gasteiger partial charge >= 0.3 is 0 Å². The van der Waals surface area contributed by atoms with Gasteiger partial charge < -0.3 is 15.0 Å². The number of halogens is 1. The Morgan fingerprint density at radius 2 is 1.93 bits per heavy atom. The lowest BCUT2D eigenvalue weighted by molar-refractivity contribution is -0.118. The molecule has 0 atom stereocenters. The monoisotopic (exact) mass is 430 g/mol. The number of aryl methyl sites for hydroxylation is 1. The smallest absolute Gasteiger partial charge is 0.251 e. The molecule has 0 aromatic heterocycles. The lowest BCUT2D eigenvalue weighted by Gasteiger charge is -2.32. The maximum Gasteiger partial charge on any atom is 0.251 e. The summed E-state index contributed by atoms with van der Waals surface area (Å²) in [5.74, 6) is 0.543. The average molecular weight is 431 g/mol. The van der Waals surface area contributed by atoms with Crippen LogP contribution in [0, 0.1) is 6.92 Å². The van der Waals surface area contributed by atoms with E-state index in [1.165, 1.54) is 11.1 Å². The van der Waals surface area contributed by atoms with Crippen molar-refractivity contribution in [3.05, 3.63) is 57.6 Å². The molecule has 1 heterocycles. The Bertz CT molecular complexity index is 849. The molecule has 1 N–H and O–H groups in total. The number of hydrogen-bond donors (Lipinski definition) is 1. The number of fused-ring (bicyclic) bond motifs is 1. The summed E-state index contributed by atoms with van der Waals surface area (Å²) in [6.07, 6.45) is 2.12. The van der Waals surface area contributed by atoms with E-state index in [9.17, 15) is 9.59 Å². The number of ether oxygens (including phenoxy) is 1. The molecule has 0 fully saturated rings. The number of amides is 2. The third kappa shape index (κ3) is 4.33. The van der Waals surface area contributed by atoms with Gasteiger partial charge in [0.15, 0.2) is 0 Å². The number of nitrogens with one attached hydrogen (secondary N) is 1. The van der Waals surface area contributed by atoms with Crippen molar-refractivity contribution in [3.63, 3.8) is 0 Å². The molecule has 1 aliphatic rings. The van der Waals surface area contributed by atoms with Gasteiger partial charge in [-0.2, -0.15) is 0 Å². The maximum atomic E-state index is 12.8. The first-order valence-electron chi connectivity index (χ1n) is 9.02. The normalized spacial score (nSPS) is 13.1. The number of benzene rings is 2. The first kappa shape index (κ1) is 19.4. The quantitative estimate of drug-likeness (QED) is 0.782. The van der Waals surface area contributed by atoms with Gasteiger partial charge in [-0.25, -0.2) is 0 Å². The molecule has 2 amide bonds. The molecule has 0 unspecified atom stereocenters. The van der Waals surface area contributed by atoms with Gasteiger partial charge in [-0.05, 0) is 61.2 Å². The summed E-state index contributed by atoms with van der Waals surface area (Å²) in [5.41, 5.74) is 3.80. The predicted molar refractivity (Wildman–Crippen MR) is 109 cm³/mol. The van der Waals surface area contributed by atoms with Gasteiger partial charge in [0, 0.05) is 29.5 Å². The molecule has 0 saturated carbocycles. The molecular weight excluding hydrogens is 408 g/mol. The van der Waals surface area contributed by atoms with Crippen molar-refractivity contribution in [1.82, 2.24) is 5.32 Å². The number of nitrogens with zero attached hydrogens (tertiary/aromatic N) is 1. The summed E-state index contributed by atoms with van der Waals surface area (Å²) in [6, 6.07) is 11.1. The Balaban J connectivity index is 1.65.